The molecule has 6 rings (SSSR count). The third kappa shape index (κ3) is 3.57. The van der Waals surface area contributed by atoms with Crippen LogP contribution in [-0.4, -0.2) is 81.2 Å². The second-order valence-corrected chi connectivity index (χ2v) is 12.2. The van der Waals surface area contributed by atoms with Gasteiger partial charge in [0.05, 0.1) is 18.7 Å². The van der Waals surface area contributed by atoms with E-state index in [0.717, 1.165) is 12.8 Å². The first kappa shape index (κ1) is 26.8. The summed E-state index contributed by atoms with van der Waals surface area (Å²) in [5, 5.41) is 48.7. The summed E-state index contributed by atoms with van der Waals surface area (Å²) >= 11 is 0. The number of primary amides is 1. The SMILES string of the molecule is COc1c(CNC2(C3CC3)CC2)cc(O)c2c1C[C@H]1C[C@H]3[C@H](N(C)C)C(O)=C(C(N)=O)C(=O)[C@@]3(O)C(O)=C1C2=O. The summed E-state index contributed by atoms with van der Waals surface area (Å²) in [6.45, 7) is 0.460. The molecule has 0 bridgehead atoms. The molecule has 5 aliphatic carbocycles. The Morgan fingerprint density at radius 1 is 1.20 bits per heavy atom. The number of nitrogens with one attached hydrogen (secondary N) is 1. The minimum absolute atomic E-state index is 0.0307. The predicted molar refractivity (Wildman–Crippen MR) is 142 cm³/mol. The van der Waals surface area contributed by atoms with Gasteiger partial charge in [-0.1, -0.05) is 0 Å². The van der Waals surface area contributed by atoms with Gasteiger partial charge in [0.15, 0.2) is 11.4 Å². The molecule has 1 aromatic rings. The molecule has 4 atom stereocenters. The molecular formula is C29H35N3O8. The molecule has 1 aromatic carbocycles. The number of aromatic hydroxyl groups is 1. The summed E-state index contributed by atoms with van der Waals surface area (Å²) in [6.07, 6.45) is 4.86. The van der Waals surface area contributed by atoms with E-state index < -0.39 is 58.0 Å². The van der Waals surface area contributed by atoms with Crippen molar-refractivity contribution >= 4 is 17.5 Å². The molecule has 5 aliphatic rings. The highest BCUT2D eigenvalue weighted by atomic mass is 16.5. The van der Waals surface area contributed by atoms with Crippen molar-refractivity contribution in [2.75, 3.05) is 21.2 Å². The van der Waals surface area contributed by atoms with Crippen molar-refractivity contribution < 1.29 is 39.5 Å². The van der Waals surface area contributed by atoms with Crippen LogP contribution in [0.25, 0.3) is 0 Å². The maximum absolute atomic E-state index is 13.9. The number of carbonyl (C=O) groups is 3. The average Bonchev–Trinajstić information content (AvgIpc) is 3.78. The smallest absolute Gasteiger partial charge is 0.255 e. The zero-order valence-electron chi connectivity index (χ0n) is 22.8. The highest BCUT2D eigenvalue weighted by molar-refractivity contribution is 6.24. The summed E-state index contributed by atoms with van der Waals surface area (Å²) < 4.78 is 5.78. The number of benzene rings is 1. The number of hydrogen-bond donors (Lipinski definition) is 6. The lowest BCUT2D eigenvalue weighted by molar-refractivity contribution is -0.148. The number of amides is 1. The minimum atomic E-state index is -2.66. The Morgan fingerprint density at radius 2 is 1.88 bits per heavy atom. The molecule has 0 heterocycles. The van der Waals surface area contributed by atoms with E-state index in [1.807, 2.05) is 0 Å². The van der Waals surface area contributed by atoms with Gasteiger partial charge in [-0.15, -0.1) is 0 Å². The van der Waals surface area contributed by atoms with E-state index in [1.165, 1.54) is 30.9 Å². The Morgan fingerprint density at radius 3 is 2.42 bits per heavy atom. The number of hydrogen-bond acceptors (Lipinski definition) is 10. The number of ketones is 2. The second-order valence-electron chi connectivity index (χ2n) is 12.2. The van der Waals surface area contributed by atoms with Crippen LogP contribution in [0.5, 0.6) is 11.5 Å². The minimum Gasteiger partial charge on any atom is -0.510 e. The third-order valence-electron chi connectivity index (χ3n) is 9.73. The van der Waals surface area contributed by atoms with E-state index in [0.29, 0.717) is 29.3 Å². The fourth-order valence-corrected chi connectivity index (χ4v) is 7.52. The van der Waals surface area contributed by atoms with E-state index in [-0.39, 0.29) is 35.3 Å². The van der Waals surface area contributed by atoms with E-state index >= 15 is 0 Å². The summed E-state index contributed by atoms with van der Waals surface area (Å²) in [6, 6.07) is 0.456. The Kier molecular flexibility index (Phi) is 5.89. The number of nitrogens with two attached hydrogens (primary N) is 1. The van der Waals surface area contributed by atoms with Crippen LogP contribution in [0.15, 0.2) is 28.7 Å². The molecule has 7 N–H and O–H groups in total. The van der Waals surface area contributed by atoms with E-state index in [9.17, 15) is 34.8 Å². The molecule has 214 valence electrons. The number of fused-ring (bicyclic) bond motifs is 3. The summed E-state index contributed by atoms with van der Waals surface area (Å²) in [5.74, 6) is -5.56. The number of phenolic OH excluding ortho intramolecular Hbond substituents is 1. The molecule has 0 aromatic heterocycles. The van der Waals surface area contributed by atoms with Gasteiger partial charge >= 0.3 is 0 Å². The van der Waals surface area contributed by atoms with Gasteiger partial charge in [-0.25, -0.2) is 0 Å². The Labute approximate surface area is 231 Å². The molecule has 2 fully saturated rings. The number of ether oxygens (including phenoxy) is 1. The van der Waals surface area contributed by atoms with E-state index in [1.54, 1.807) is 14.1 Å². The number of rotatable bonds is 7. The van der Waals surface area contributed by atoms with Gasteiger partial charge in [-0.3, -0.25) is 19.3 Å². The highest BCUT2D eigenvalue weighted by Gasteiger charge is 2.63. The molecular weight excluding hydrogens is 518 g/mol. The van der Waals surface area contributed by atoms with Crippen molar-refractivity contribution in [2.45, 2.75) is 62.3 Å². The van der Waals surface area contributed by atoms with Crippen LogP contribution in [0.2, 0.25) is 0 Å². The van der Waals surface area contributed by atoms with Crippen LogP contribution in [-0.2, 0) is 22.6 Å². The maximum atomic E-state index is 13.9. The average molecular weight is 554 g/mol. The van der Waals surface area contributed by atoms with Crippen LogP contribution in [0.1, 0.15) is 53.6 Å². The summed E-state index contributed by atoms with van der Waals surface area (Å²) in [5.41, 5.74) is 3.00. The lowest BCUT2D eigenvalue weighted by Gasteiger charge is -2.50. The molecule has 0 spiro atoms. The molecule has 0 radical (unpaired) electrons. The van der Waals surface area contributed by atoms with Crippen molar-refractivity contribution in [3.8, 4) is 11.5 Å². The molecule has 2 saturated carbocycles. The predicted octanol–water partition coefficient (Wildman–Crippen LogP) is 1.16. The number of likely N-dealkylation sites (N-methyl/N-ethyl adjacent to an activating group) is 1. The zero-order chi connectivity index (χ0) is 28.9. The Balaban J connectivity index is 1.44. The van der Waals surface area contributed by atoms with Crippen LogP contribution < -0.4 is 15.8 Å². The highest BCUT2D eigenvalue weighted by Crippen LogP contribution is 2.55. The number of allylic oxidation sites excluding steroid dienone is 1. The lowest BCUT2D eigenvalue weighted by Crippen LogP contribution is -2.63. The number of aliphatic hydroxyl groups is 3. The monoisotopic (exact) mass is 553 g/mol. The van der Waals surface area contributed by atoms with Gasteiger partial charge < -0.3 is 36.2 Å². The van der Waals surface area contributed by atoms with Crippen molar-refractivity contribution in [3.63, 3.8) is 0 Å². The second kappa shape index (κ2) is 8.79. The van der Waals surface area contributed by atoms with Crippen LogP contribution in [0, 0.1) is 17.8 Å². The topological polar surface area (TPSA) is 183 Å². The molecule has 11 nitrogen and oxygen atoms in total. The van der Waals surface area contributed by atoms with Crippen molar-refractivity contribution in [3.05, 3.63) is 45.4 Å². The van der Waals surface area contributed by atoms with Gasteiger partial charge in [0.1, 0.15) is 28.6 Å². The molecule has 1 amide bonds. The van der Waals surface area contributed by atoms with Gasteiger partial charge in [0.2, 0.25) is 5.78 Å². The molecule has 0 saturated heterocycles. The summed E-state index contributed by atoms with van der Waals surface area (Å²) in [4.78, 5) is 40.9. The lowest BCUT2D eigenvalue weighted by atomic mass is 9.58. The number of methoxy groups -OCH3 is 1. The molecule has 0 aliphatic heterocycles. The quantitative estimate of drug-likeness (QED) is 0.268. The van der Waals surface area contributed by atoms with E-state index in [2.05, 4.69) is 5.32 Å². The largest absolute Gasteiger partial charge is 0.510 e. The first-order valence-electron chi connectivity index (χ1n) is 13.7. The van der Waals surface area contributed by atoms with Crippen LogP contribution >= 0.6 is 0 Å². The Hall–Kier alpha value is -3.41. The van der Waals surface area contributed by atoms with Gasteiger partial charge in [0.25, 0.3) is 5.91 Å². The third-order valence-corrected chi connectivity index (χ3v) is 9.73. The fraction of sp³-hybridized carbons (Fsp3) is 0.552. The Bertz CT molecular complexity index is 1420. The zero-order valence-corrected chi connectivity index (χ0v) is 22.8. The number of nitrogens with zero attached hydrogens (tertiary/aromatic N) is 1. The van der Waals surface area contributed by atoms with Crippen molar-refractivity contribution in [1.29, 1.82) is 0 Å². The number of carbonyl (C=O) groups excluding carboxylic acids is 3. The number of phenols is 1. The van der Waals surface area contributed by atoms with Crippen LogP contribution in [0.4, 0.5) is 0 Å². The molecule has 0 unspecified atom stereocenters. The van der Waals surface area contributed by atoms with Crippen LogP contribution in [0.3, 0.4) is 0 Å². The first-order valence-corrected chi connectivity index (χ1v) is 13.7. The normalized spacial score (nSPS) is 30.7. The van der Waals surface area contributed by atoms with E-state index in [4.69, 9.17) is 10.5 Å². The van der Waals surface area contributed by atoms with Crippen molar-refractivity contribution in [1.82, 2.24) is 10.2 Å². The number of aliphatic hydroxyl groups excluding tert-OH is 2. The first-order chi connectivity index (χ1) is 18.9. The van der Waals surface area contributed by atoms with Gasteiger partial charge in [-0.2, -0.15) is 0 Å². The molecule has 11 heteroatoms. The maximum Gasteiger partial charge on any atom is 0.255 e. The van der Waals surface area contributed by atoms with Gasteiger partial charge in [-0.05, 0) is 70.5 Å². The summed E-state index contributed by atoms with van der Waals surface area (Å²) in [7, 11) is 4.71. The fourth-order valence-electron chi connectivity index (χ4n) is 7.52. The molecule has 40 heavy (non-hydrogen) atoms. The standard InChI is InChI=1S/C29H35N3O8/c1-32(2)21-16-9-12-8-15-19(17(33)10-13(24(15)40-3)11-31-28(6-7-28)14-4-5-14)22(34)18(12)25(36)29(16,39)26(37)20(23(21)35)27(30)38/h10,12,14,16,21,31,33,35-36,39H,4-9,11H2,1-3H3,(H2,30,38)/t12-,16-,21-,29-/m0/s1. The number of Topliss-reactive ketones (excluding diaryl/α,β-unsaturated/α-hetero) is 2. The van der Waals surface area contributed by atoms with Crippen molar-refractivity contribution in [2.24, 2.45) is 23.5 Å². The van der Waals surface area contributed by atoms with Gasteiger partial charge in [0, 0.05) is 34.7 Å².